The van der Waals surface area contributed by atoms with Crippen molar-refractivity contribution >= 4 is 11.9 Å². The van der Waals surface area contributed by atoms with Crippen LogP contribution in [0, 0.1) is 0 Å². The number of carbonyl (C=O) groups is 2. The van der Waals surface area contributed by atoms with Crippen molar-refractivity contribution in [1.82, 2.24) is 4.90 Å². The zero-order chi connectivity index (χ0) is 17.6. The van der Waals surface area contributed by atoms with E-state index in [1.54, 1.807) is 18.2 Å². The second-order valence-corrected chi connectivity index (χ2v) is 7.08. The summed E-state index contributed by atoms with van der Waals surface area (Å²) in [5.74, 6) is -0.808. The summed E-state index contributed by atoms with van der Waals surface area (Å²) in [5.41, 5.74) is 1.02. The number of hydrogen-bond acceptors (Lipinski definition) is 3. The highest BCUT2D eigenvalue weighted by atomic mass is 16.5. The molecular weight excluding hydrogens is 318 g/mol. The lowest BCUT2D eigenvalue weighted by atomic mass is 10.0. The van der Waals surface area contributed by atoms with Gasteiger partial charge in [-0.2, -0.15) is 0 Å². The standard InChI is InChI=1S/C20H27NO4/c22-19(12-11-15-6-1-4-10-18(15)20(23)24)21(16-7-2-3-8-16)14-17-9-5-13-25-17/h1,4,6,10,16-17H,2-3,5,7-9,11-14H2,(H,23,24). The summed E-state index contributed by atoms with van der Waals surface area (Å²) in [6, 6.07) is 7.27. The number of carboxylic acid groups (broad SMARTS) is 1. The second kappa shape index (κ2) is 8.48. The molecule has 1 aliphatic heterocycles. The molecule has 1 N–H and O–H groups in total. The summed E-state index contributed by atoms with van der Waals surface area (Å²) >= 11 is 0. The smallest absolute Gasteiger partial charge is 0.335 e. The van der Waals surface area contributed by atoms with Crippen LogP contribution in [0.25, 0.3) is 0 Å². The maximum Gasteiger partial charge on any atom is 0.335 e. The van der Waals surface area contributed by atoms with Crippen LogP contribution in [-0.4, -0.2) is 47.2 Å². The van der Waals surface area contributed by atoms with Gasteiger partial charge >= 0.3 is 5.97 Å². The van der Waals surface area contributed by atoms with Crippen LogP contribution in [0.5, 0.6) is 0 Å². The monoisotopic (exact) mass is 345 g/mol. The van der Waals surface area contributed by atoms with E-state index in [1.807, 2.05) is 11.0 Å². The number of aromatic carboxylic acids is 1. The second-order valence-electron chi connectivity index (χ2n) is 7.08. The minimum absolute atomic E-state index is 0.127. The van der Waals surface area contributed by atoms with Gasteiger partial charge in [0.15, 0.2) is 0 Å². The van der Waals surface area contributed by atoms with Crippen LogP contribution in [-0.2, 0) is 16.0 Å². The van der Waals surface area contributed by atoms with Crippen LogP contribution in [0.4, 0.5) is 0 Å². The van der Waals surface area contributed by atoms with Gasteiger partial charge in [0.05, 0.1) is 11.7 Å². The first-order chi connectivity index (χ1) is 12.1. The molecule has 25 heavy (non-hydrogen) atoms. The Bertz CT molecular complexity index is 603. The van der Waals surface area contributed by atoms with Crippen molar-refractivity contribution in [2.75, 3.05) is 13.2 Å². The van der Waals surface area contributed by atoms with E-state index in [9.17, 15) is 14.7 Å². The van der Waals surface area contributed by atoms with Gasteiger partial charge in [0.2, 0.25) is 5.91 Å². The molecule has 1 aromatic rings. The third-order valence-electron chi connectivity index (χ3n) is 5.37. The first-order valence-corrected chi connectivity index (χ1v) is 9.37. The van der Waals surface area contributed by atoms with Crippen LogP contribution < -0.4 is 0 Å². The van der Waals surface area contributed by atoms with Gasteiger partial charge in [-0.3, -0.25) is 4.79 Å². The van der Waals surface area contributed by atoms with Crippen LogP contribution in [0.2, 0.25) is 0 Å². The minimum atomic E-state index is -0.935. The average molecular weight is 345 g/mol. The Morgan fingerprint density at radius 1 is 1.12 bits per heavy atom. The van der Waals surface area contributed by atoms with Crippen molar-refractivity contribution in [3.05, 3.63) is 35.4 Å². The number of nitrogens with zero attached hydrogens (tertiary/aromatic N) is 1. The molecule has 0 spiro atoms. The summed E-state index contributed by atoms with van der Waals surface area (Å²) in [6.45, 7) is 1.48. The van der Waals surface area contributed by atoms with Gasteiger partial charge in [-0.15, -0.1) is 0 Å². The Balaban J connectivity index is 1.64. The van der Waals surface area contributed by atoms with E-state index in [0.717, 1.165) is 37.9 Å². The Labute approximate surface area is 149 Å². The van der Waals surface area contributed by atoms with E-state index in [2.05, 4.69) is 0 Å². The molecule has 1 saturated carbocycles. The quantitative estimate of drug-likeness (QED) is 0.824. The number of rotatable bonds is 7. The molecule has 1 atom stereocenters. The number of aryl methyl sites for hydroxylation is 1. The van der Waals surface area contributed by atoms with Gasteiger partial charge in [0.1, 0.15) is 0 Å². The summed E-state index contributed by atoms with van der Waals surface area (Å²) in [5, 5.41) is 9.29. The molecule has 2 aliphatic rings. The summed E-state index contributed by atoms with van der Waals surface area (Å²) in [6.07, 6.45) is 7.60. The molecule has 1 heterocycles. The fraction of sp³-hybridized carbons (Fsp3) is 0.600. The molecule has 1 saturated heterocycles. The fourth-order valence-electron chi connectivity index (χ4n) is 4.01. The highest BCUT2D eigenvalue weighted by Crippen LogP contribution is 2.26. The average Bonchev–Trinajstić information content (AvgIpc) is 3.31. The van der Waals surface area contributed by atoms with Crippen LogP contribution in [0.15, 0.2) is 24.3 Å². The van der Waals surface area contributed by atoms with Crippen LogP contribution in [0.3, 0.4) is 0 Å². The lowest BCUT2D eigenvalue weighted by molar-refractivity contribution is -0.135. The molecule has 1 aromatic carbocycles. The van der Waals surface area contributed by atoms with Gasteiger partial charge in [-0.25, -0.2) is 4.79 Å². The zero-order valence-corrected chi connectivity index (χ0v) is 14.7. The number of carboxylic acids is 1. The maximum absolute atomic E-state index is 12.9. The van der Waals surface area contributed by atoms with Gasteiger partial charge in [0, 0.05) is 25.6 Å². The van der Waals surface area contributed by atoms with E-state index < -0.39 is 5.97 Å². The predicted octanol–water partition coefficient (Wildman–Crippen LogP) is 3.27. The van der Waals surface area contributed by atoms with E-state index in [0.29, 0.717) is 31.0 Å². The van der Waals surface area contributed by atoms with Crippen LogP contribution in [0.1, 0.15) is 60.9 Å². The normalized spacial score (nSPS) is 20.7. The zero-order valence-electron chi connectivity index (χ0n) is 14.7. The Kier molecular flexibility index (Phi) is 6.08. The third-order valence-corrected chi connectivity index (χ3v) is 5.37. The molecule has 2 fully saturated rings. The van der Waals surface area contributed by atoms with Crippen molar-refractivity contribution in [3.63, 3.8) is 0 Å². The van der Waals surface area contributed by atoms with Crippen LogP contribution >= 0.6 is 0 Å². The predicted molar refractivity (Wildman–Crippen MR) is 94.7 cm³/mol. The fourth-order valence-corrected chi connectivity index (χ4v) is 4.01. The molecule has 1 amide bonds. The van der Waals surface area contributed by atoms with E-state index in [1.165, 1.54) is 12.8 Å². The Morgan fingerprint density at radius 2 is 1.88 bits per heavy atom. The Morgan fingerprint density at radius 3 is 2.56 bits per heavy atom. The van der Waals surface area contributed by atoms with Gasteiger partial charge in [0.25, 0.3) is 0 Å². The highest BCUT2D eigenvalue weighted by Gasteiger charge is 2.30. The first kappa shape index (κ1) is 17.9. The molecule has 0 aromatic heterocycles. The molecule has 1 aliphatic carbocycles. The number of carbonyl (C=O) groups excluding carboxylic acids is 1. The summed E-state index contributed by atoms with van der Waals surface area (Å²) < 4.78 is 5.73. The lowest BCUT2D eigenvalue weighted by Gasteiger charge is -2.31. The third kappa shape index (κ3) is 4.60. The number of benzene rings is 1. The van der Waals surface area contributed by atoms with Gasteiger partial charge in [-0.1, -0.05) is 31.0 Å². The highest BCUT2D eigenvalue weighted by molar-refractivity contribution is 5.89. The number of ether oxygens (including phenoxy) is 1. The summed E-state index contributed by atoms with van der Waals surface area (Å²) in [4.78, 5) is 26.2. The van der Waals surface area contributed by atoms with Crippen molar-refractivity contribution in [2.45, 2.75) is 63.5 Å². The summed E-state index contributed by atoms with van der Waals surface area (Å²) in [7, 11) is 0. The van der Waals surface area contributed by atoms with E-state index in [-0.39, 0.29) is 12.0 Å². The molecule has 5 nitrogen and oxygen atoms in total. The van der Waals surface area contributed by atoms with Gasteiger partial charge in [-0.05, 0) is 43.7 Å². The van der Waals surface area contributed by atoms with Crippen molar-refractivity contribution in [3.8, 4) is 0 Å². The SMILES string of the molecule is O=C(O)c1ccccc1CCC(=O)N(CC1CCCO1)C1CCCC1. The molecule has 3 rings (SSSR count). The molecule has 5 heteroatoms. The van der Waals surface area contributed by atoms with E-state index in [4.69, 9.17) is 4.74 Å². The van der Waals surface area contributed by atoms with Crippen molar-refractivity contribution in [1.29, 1.82) is 0 Å². The lowest BCUT2D eigenvalue weighted by Crippen LogP contribution is -2.43. The number of hydrogen-bond donors (Lipinski definition) is 1. The van der Waals surface area contributed by atoms with Crippen molar-refractivity contribution < 1.29 is 19.4 Å². The molecule has 1 unspecified atom stereocenters. The number of amides is 1. The molecule has 136 valence electrons. The maximum atomic E-state index is 12.9. The minimum Gasteiger partial charge on any atom is -0.478 e. The van der Waals surface area contributed by atoms with Gasteiger partial charge < -0.3 is 14.7 Å². The topological polar surface area (TPSA) is 66.8 Å². The Hall–Kier alpha value is -1.88. The molecule has 0 radical (unpaired) electrons. The first-order valence-electron chi connectivity index (χ1n) is 9.37. The molecule has 0 bridgehead atoms. The van der Waals surface area contributed by atoms with Crippen molar-refractivity contribution in [2.24, 2.45) is 0 Å². The molecular formula is C20H27NO4. The van der Waals surface area contributed by atoms with E-state index >= 15 is 0 Å². The largest absolute Gasteiger partial charge is 0.478 e.